The normalized spacial score (nSPS) is 9.90. The van der Waals surface area contributed by atoms with Gasteiger partial charge in [-0.05, 0) is 23.8 Å². The van der Waals surface area contributed by atoms with Gasteiger partial charge in [-0.1, -0.05) is 91.0 Å². The van der Waals surface area contributed by atoms with Crippen LogP contribution in [0, 0.1) is 0 Å². The number of halogens is 1. The molecule has 0 aliphatic heterocycles. The summed E-state index contributed by atoms with van der Waals surface area (Å²) >= 11 is 5.51. The fourth-order valence-corrected chi connectivity index (χ4v) is 4.48. The van der Waals surface area contributed by atoms with E-state index in [9.17, 15) is 0 Å². The minimum atomic E-state index is -0.446. The largest absolute Gasteiger partial charge is 0.0622 e. The minimum absolute atomic E-state index is 0.446. The zero-order chi connectivity index (χ0) is 14.9. The first kappa shape index (κ1) is 16.7. The number of rotatable bonds is 3. The van der Waals surface area contributed by atoms with Crippen molar-refractivity contribution >= 4 is 36.9 Å². The van der Waals surface area contributed by atoms with Crippen molar-refractivity contribution < 1.29 is 18.9 Å². The second-order valence-electron chi connectivity index (χ2n) is 4.34. The zero-order valence-electron chi connectivity index (χ0n) is 11.3. The average Bonchev–Trinajstić information content (AvgIpc) is 2.60. The SMILES string of the molecule is [Br][Ag].c1ccc(P(c2ccccc2)c2ccccc2)cc1. The van der Waals surface area contributed by atoms with Crippen molar-refractivity contribution in [2.75, 3.05) is 0 Å². The van der Waals surface area contributed by atoms with Gasteiger partial charge in [0.15, 0.2) is 0 Å². The van der Waals surface area contributed by atoms with Crippen molar-refractivity contribution in [1.29, 1.82) is 0 Å². The van der Waals surface area contributed by atoms with Gasteiger partial charge in [0.25, 0.3) is 0 Å². The standard InChI is InChI=1S/C18H15P.Ag.BrH/c1-4-10-16(11-5-1)19(17-12-6-2-7-13-17)18-14-8-3-9-15-18;;/h1-15H;;1H/q;+1;/p-1. The first-order chi connectivity index (χ1) is 10.4. The van der Waals surface area contributed by atoms with E-state index in [0.29, 0.717) is 0 Å². The summed E-state index contributed by atoms with van der Waals surface area (Å²) in [5.74, 6) is 0. The van der Waals surface area contributed by atoms with Crippen molar-refractivity contribution in [2.24, 2.45) is 0 Å². The van der Waals surface area contributed by atoms with Crippen LogP contribution in [0.5, 0.6) is 0 Å². The Kier molecular flexibility index (Phi) is 7.43. The summed E-state index contributed by atoms with van der Waals surface area (Å²) in [6, 6.07) is 32.3. The zero-order valence-corrected chi connectivity index (χ0v) is 15.2. The number of hydrogen-bond acceptors (Lipinski definition) is 0. The van der Waals surface area contributed by atoms with E-state index in [1.54, 1.807) is 0 Å². The second-order valence-corrected chi connectivity index (χ2v) is 6.56. The monoisotopic (exact) mass is 448 g/mol. The Hall–Kier alpha value is -0.690. The Balaban J connectivity index is 0.000000774. The molecule has 0 unspecified atom stereocenters. The maximum atomic E-state index is 2.76. The maximum absolute atomic E-state index is 2.76. The van der Waals surface area contributed by atoms with E-state index in [1.165, 1.54) is 15.9 Å². The summed E-state index contributed by atoms with van der Waals surface area (Å²) in [5, 5.41) is 4.19. The van der Waals surface area contributed by atoms with Crippen LogP contribution in [0.4, 0.5) is 0 Å². The third-order valence-corrected chi connectivity index (χ3v) is 5.49. The molecule has 0 aliphatic carbocycles. The summed E-state index contributed by atoms with van der Waals surface area (Å²) in [4.78, 5) is 0. The molecule has 3 aromatic carbocycles. The van der Waals surface area contributed by atoms with E-state index in [2.05, 4.69) is 123 Å². The second kappa shape index (κ2) is 9.35. The van der Waals surface area contributed by atoms with Crippen LogP contribution in [0.2, 0.25) is 0 Å². The summed E-state index contributed by atoms with van der Waals surface area (Å²) in [6.45, 7) is 0. The first-order valence-electron chi connectivity index (χ1n) is 6.52. The molecule has 0 aromatic heterocycles. The molecule has 3 heteroatoms. The molecular weight excluding hydrogens is 435 g/mol. The molecule has 0 nitrogen and oxygen atoms in total. The van der Waals surface area contributed by atoms with E-state index >= 15 is 0 Å². The Morgan fingerprint density at radius 2 is 0.714 bits per heavy atom. The van der Waals surface area contributed by atoms with E-state index < -0.39 is 7.92 Å². The average molecular weight is 450 g/mol. The van der Waals surface area contributed by atoms with E-state index in [4.69, 9.17) is 0 Å². The first-order valence-corrected chi connectivity index (χ1v) is 11.2. The van der Waals surface area contributed by atoms with Crippen molar-refractivity contribution in [3.63, 3.8) is 0 Å². The Bertz CT molecular complexity index is 535. The van der Waals surface area contributed by atoms with Crippen LogP contribution in [0.1, 0.15) is 0 Å². The van der Waals surface area contributed by atoms with Crippen molar-refractivity contribution in [3.05, 3.63) is 91.0 Å². The molecule has 3 aromatic rings. The van der Waals surface area contributed by atoms with Gasteiger partial charge in [-0.25, -0.2) is 0 Å². The fraction of sp³-hybridized carbons (Fsp3) is 0. The van der Waals surface area contributed by atoms with Gasteiger partial charge in [0.2, 0.25) is 0 Å². The molecule has 0 aliphatic rings. The van der Waals surface area contributed by atoms with Gasteiger partial charge >= 0.3 is 32.0 Å². The molecule has 3 rings (SSSR count). The van der Waals surface area contributed by atoms with E-state index in [-0.39, 0.29) is 0 Å². The predicted octanol–water partition coefficient (Wildman–Crippen LogP) is 4.29. The molecule has 110 valence electrons. The molecule has 21 heavy (non-hydrogen) atoms. The quantitative estimate of drug-likeness (QED) is 0.413. The van der Waals surface area contributed by atoms with Gasteiger partial charge in [-0.15, -0.1) is 0 Å². The molecule has 0 radical (unpaired) electrons. The number of hydrogen-bond donors (Lipinski definition) is 0. The van der Waals surface area contributed by atoms with Gasteiger partial charge in [0.05, 0.1) is 0 Å². The van der Waals surface area contributed by atoms with Gasteiger partial charge in [-0.2, -0.15) is 0 Å². The van der Waals surface area contributed by atoms with Crippen molar-refractivity contribution in [2.45, 2.75) is 0 Å². The molecular formula is C18H15AgBrP. The van der Waals surface area contributed by atoms with Crippen LogP contribution >= 0.6 is 20.9 Å². The van der Waals surface area contributed by atoms with Crippen LogP contribution in [-0.4, -0.2) is 0 Å². The maximum Gasteiger partial charge on any atom is -0.0134 e. The molecule has 0 saturated heterocycles. The Labute approximate surface area is 146 Å². The summed E-state index contributed by atoms with van der Waals surface area (Å²) in [5.41, 5.74) is 0. The van der Waals surface area contributed by atoms with E-state index in [0.717, 1.165) is 0 Å². The van der Waals surface area contributed by atoms with Gasteiger partial charge < -0.3 is 0 Å². The summed E-state index contributed by atoms with van der Waals surface area (Å²) in [7, 11) is -0.446. The molecule has 0 atom stereocenters. The summed E-state index contributed by atoms with van der Waals surface area (Å²) in [6.07, 6.45) is 0. The molecule has 0 fully saturated rings. The van der Waals surface area contributed by atoms with Crippen LogP contribution in [0.25, 0.3) is 0 Å². The van der Waals surface area contributed by atoms with E-state index in [1.807, 2.05) is 0 Å². The van der Waals surface area contributed by atoms with Gasteiger partial charge in [0.1, 0.15) is 0 Å². The topological polar surface area (TPSA) is 0 Å². The van der Waals surface area contributed by atoms with Crippen LogP contribution in [0.15, 0.2) is 91.0 Å². The molecule has 0 N–H and O–H groups in total. The molecule has 0 saturated carbocycles. The van der Waals surface area contributed by atoms with Crippen LogP contribution in [-0.2, 0) is 18.9 Å². The van der Waals surface area contributed by atoms with Crippen LogP contribution < -0.4 is 15.9 Å². The molecule has 0 spiro atoms. The third kappa shape index (κ3) is 4.64. The molecule has 0 bridgehead atoms. The molecule has 0 heterocycles. The minimum Gasteiger partial charge on any atom is -0.0622 e. The third-order valence-electron chi connectivity index (χ3n) is 3.04. The smallest absolute Gasteiger partial charge is 0.0134 e. The Morgan fingerprint density at radius 1 is 0.476 bits per heavy atom. The Morgan fingerprint density at radius 3 is 0.952 bits per heavy atom. The van der Waals surface area contributed by atoms with Crippen LogP contribution in [0.3, 0.4) is 0 Å². The summed E-state index contributed by atoms with van der Waals surface area (Å²) < 4.78 is 0. The van der Waals surface area contributed by atoms with Gasteiger partial charge in [0, 0.05) is 0 Å². The number of benzene rings is 3. The fourth-order valence-electron chi connectivity index (χ4n) is 2.18. The van der Waals surface area contributed by atoms with Gasteiger partial charge in [-0.3, -0.25) is 0 Å². The predicted molar refractivity (Wildman–Crippen MR) is 94.1 cm³/mol. The van der Waals surface area contributed by atoms with Crippen molar-refractivity contribution in [3.8, 4) is 0 Å². The van der Waals surface area contributed by atoms with Crippen molar-refractivity contribution in [1.82, 2.24) is 0 Å². The molecule has 0 amide bonds.